The van der Waals surface area contributed by atoms with Crippen LogP contribution in [-0.2, 0) is 4.74 Å². The quantitative estimate of drug-likeness (QED) is 0.245. The van der Waals surface area contributed by atoms with E-state index in [9.17, 15) is 22.4 Å². The number of nitrogens with zero attached hydrogens (tertiary/aromatic N) is 3. The Kier molecular flexibility index (Phi) is 10.7. The molecule has 4 rings (SSSR count). The molecule has 2 aliphatic rings. The fourth-order valence-electron chi connectivity index (χ4n) is 4.66. The minimum absolute atomic E-state index is 0.0625. The second-order valence-electron chi connectivity index (χ2n) is 9.66. The summed E-state index contributed by atoms with van der Waals surface area (Å²) in [6.45, 7) is 7.26. The number of carbonyl (C=O) groups is 1. The van der Waals surface area contributed by atoms with E-state index in [0.717, 1.165) is 32.1 Å². The molecular formula is C28H35F4N3O3. The molecule has 2 fully saturated rings. The fraction of sp³-hybridized carbons (Fsp3) is 0.500. The predicted octanol–water partition coefficient (Wildman–Crippen LogP) is 5.32. The molecule has 1 saturated carbocycles. The predicted molar refractivity (Wildman–Crippen MR) is 137 cm³/mol. The molecule has 0 N–H and O–H groups in total. The van der Waals surface area contributed by atoms with E-state index in [-0.39, 0.29) is 11.9 Å². The van der Waals surface area contributed by atoms with Crippen molar-refractivity contribution in [1.29, 1.82) is 0 Å². The van der Waals surface area contributed by atoms with Crippen LogP contribution in [0.5, 0.6) is 5.88 Å². The lowest BCUT2D eigenvalue weighted by molar-refractivity contribution is -0.0795. The first-order valence-corrected chi connectivity index (χ1v) is 12.6. The third kappa shape index (κ3) is 9.40. The molecular weight excluding hydrogens is 502 g/mol. The van der Waals surface area contributed by atoms with E-state index in [4.69, 9.17) is 4.74 Å². The van der Waals surface area contributed by atoms with E-state index in [1.807, 2.05) is 12.1 Å². The van der Waals surface area contributed by atoms with Crippen molar-refractivity contribution >= 4 is 5.97 Å². The minimum Gasteiger partial charge on any atom is -0.476 e. The van der Waals surface area contributed by atoms with Gasteiger partial charge < -0.3 is 14.4 Å². The molecule has 2 aromatic rings. The number of esters is 1. The van der Waals surface area contributed by atoms with Crippen LogP contribution >= 0.6 is 0 Å². The number of aromatic nitrogens is 1. The van der Waals surface area contributed by atoms with Gasteiger partial charge in [-0.15, -0.1) is 0 Å². The summed E-state index contributed by atoms with van der Waals surface area (Å²) in [5.74, 6) is 1.23. The van der Waals surface area contributed by atoms with Gasteiger partial charge in [0.15, 0.2) is 0 Å². The largest absolute Gasteiger partial charge is 0.476 e. The highest BCUT2D eigenvalue weighted by molar-refractivity contribution is 5.88. The summed E-state index contributed by atoms with van der Waals surface area (Å²) >= 11 is 0. The van der Waals surface area contributed by atoms with Crippen molar-refractivity contribution in [2.24, 2.45) is 5.92 Å². The van der Waals surface area contributed by atoms with E-state index in [2.05, 4.69) is 33.1 Å². The van der Waals surface area contributed by atoms with Crippen LogP contribution < -0.4 is 4.74 Å². The highest BCUT2D eigenvalue weighted by atomic mass is 19.4. The Hall–Kier alpha value is -2.98. The molecule has 1 aliphatic heterocycles. The number of halogens is 4. The molecule has 2 atom stereocenters. The Morgan fingerprint density at radius 2 is 1.84 bits per heavy atom. The van der Waals surface area contributed by atoms with Gasteiger partial charge in [0.2, 0.25) is 5.88 Å². The minimum atomic E-state index is -4.19. The van der Waals surface area contributed by atoms with Gasteiger partial charge in [0.25, 0.3) is 0 Å². The highest BCUT2D eigenvalue weighted by Crippen LogP contribution is 2.44. The van der Waals surface area contributed by atoms with Crippen LogP contribution in [0.4, 0.5) is 17.6 Å². The van der Waals surface area contributed by atoms with E-state index in [1.54, 1.807) is 24.3 Å². The van der Waals surface area contributed by atoms with Gasteiger partial charge in [0.05, 0.1) is 12.7 Å². The van der Waals surface area contributed by atoms with Crippen molar-refractivity contribution in [1.82, 2.24) is 14.8 Å². The van der Waals surface area contributed by atoms with Crippen LogP contribution in [0.25, 0.3) is 0 Å². The molecule has 1 aliphatic carbocycles. The number of ether oxygens (including phenoxy) is 2. The number of hydrogen-bond donors (Lipinski definition) is 0. The summed E-state index contributed by atoms with van der Waals surface area (Å²) in [5, 5.41) is 0. The van der Waals surface area contributed by atoms with Crippen molar-refractivity contribution in [2.45, 2.75) is 37.4 Å². The number of rotatable bonds is 9. The number of pyridine rings is 1. The molecule has 1 aromatic heterocycles. The monoisotopic (exact) mass is 537 g/mol. The summed E-state index contributed by atoms with van der Waals surface area (Å²) in [4.78, 5) is 20.6. The Bertz CT molecular complexity index is 1020. The van der Waals surface area contributed by atoms with Gasteiger partial charge in [-0.05, 0) is 69.1 Å². The summed E-state index contributed by atoms with van der Waals surface area (Å²) in [7, 11) is 3.58. The van der Waals surface area contributed by atoms with Crippen LogP contribution in [0.15, 0.2) is 55.3 Å². The van der Waals surface area contributed by atoms with Gasteiger partial charge >= 0.3 is 12.1 Å². The van der Waals surface area contributed by atoms with Crippen LogP contribution in [0.3, 0.4) is 0 Å². The molecule has 1 aromatic carbocycles. The maximum Gasteiger partial charge on any atom is 0.409 e. The third-order valence-electron chi connectivity index (χ3n) is 6.92. The molecule has 1 saturated heterocycles. The van der Waals surface area contributed by atoms with Gasteiger partial charge in [-0.1, -0.05) is 18.7 Å². The Morgan fingerprint density at radius 3 is 2.39 bits per heavy atom. The zero-order chi connectivity index (χ0) is 27.7. The standard InChI is InChI=1S/C25H32FN3O3.C3H3F3/c1-28(23-15-22(23)19-3-6-21(26)7-4-19)17-18-9-11-29(12-10-18)13-14-32-24-8-5-20(16-27-24)25(30)31-2;1-2-3(4,5)6/h3-8,16,18,22-23H,9-15,17H2,1-2H3;2H,1H2. The highest BCUT2D eigenvalue weighted by Gasteiger charge is 2.41. The fourth-order valence-corrected chi connectivity index (χ4v) is 4.66. The zero-order valence-electron chi connectivity index (χ0n) is 21.8. The number of carbonyl (C=O) groups excluding carboxylic acids is 1. The van der Waals surface area contributed by atoms with Crippen LogP contribution in [-0.4, -0.2) is 79.9 Å². The first-order valence-electron chi connectivity index (χ1n) is 12.6. The number of alkyl halides is 3. The van der Waals surface area contributed by atoms with Crippen molar-refractivity contribution in [3.63, 3.8) is 0 Å². The maximum absolute atomic E-state index is 13.1. The second-order valence-corrected chi connectivity index (χ2v) is 9.66. The van der Waals surface area contributed by atoms with Crippen molar-refractivity contribution in [3.05, 3.63) is 72.2 Å². The lowest BCUT2D eigenvalue weighted by Crippen LogP contribution is -2.40. The lowest BCUT2D eigenvalue weighted by atomic mass is 9.96. The molecule has 38 heavy (non-hydrogen) atoms. The zero-order valence-corrected chi connectivity index (χ0v) is 21.8. The Balaban J connectivity index is 0.000000599. The van der Waals surface area contributed by atoms with Crippen LogP contribution in [0, 0.1) is 11.7 Å². The van der Waals surface area contributed by atoms with Gasteiger partial charge in [-0.3, -0.25) is 4.90 Å². The normalized spacial score (nSPS) is 19.9. The lowest BCUT2D eigenvalue weighted by Gasteiger charge is -2.34. The topological polar surface area (TPSA) is 54.9 Å². The smallest absolute Gasteiger partial charge is 0.409 e. The van der Waals surface area contributed by atoms with E-state index >= 15 is 0 Å². The first-order chi connectivity index (χ1) is 18.1. The molecule has 0 amide bonds. The Labute approximate surface area is 221 Å². The molecule has 0 radical (unpaired) electrons. The maximum atomic E-state index is 13.1. The van der Waals surface area contributed by atoms with Crippen molar-refractivity contribution in [2.75, 3.05) is 46.9 Å². The molecule has 2 heterocycles. The summed E-state index contributed by atoms with van der Waals surface area (Å²) < 4.78 is 55.5. The van der Waals surface area contributed by atoms with Gasteiger partial charge in [-0.25, -0.2) is 14.2 Å². The number of likely N-dealkylation sites (N-methyl/N-ethyl adjacent to an activating group) is 1. The number of hydrogen-bond acceptors (Lipinski definition) is 6. The number of likely N-dealkylation sites (tertiary alicyclic amines) is 1. The van der Waals surface area contributed by atoms with Gasteiger partial charge in [0, 0.05) is 43.4 Å². The molecule has 0 bridgehead atoms. The SMILES string of the molecule is C=CC(F)(F)F.COC(=O)c1ccc(OCCN2CCC(CN(C)C3CC3c3ccc(F)cc3)CC2)nc1. The number of allylic oxidation sites excluding steroid dienone is 1. The average molecular weight is 538 g/mol. The average Bonchev–Trinajstić information content (AvgIpc) is 3.71. The molecule has 6 nitrogen and oxygen atoms in total. The molecule has 208 valence electrons. The molecule has 2 unspecified atom stereocenters. The summed E-state index contributed by atoms with van der Waals surface area (Å²) in [5.41, 5.74) is 1.68. The summed E-state index contributed by atoms with van der Waals surface area (Å²) in [6, 6.07) is 10.9. The van der Waals surface area contributed by atoms with Crippen molar-refractivity contribution in [3.8, 4) is 5.88 Å². The number of methoxy groups -OCH3 is 1. The number of benzene rings is 1. The van der Waals surface area contributed by atoms with E-state index in [1.165, 1.54) is 38.1 Å². The number of piperidine rings is 1. The van der Waals surface area contributed by atoms with Gasteiger partial charge in [-0.2, -0.15) is 13.2 Å². The van der Waals surface area contributed by atoms with Crippen LogP contribution in [0.2, 0.25) is 0 Å². The summed E-state index contributed by atoms with van der Waals surface area (Å²) in [6.07, 6.45) is 0.790. The van der Waals surface area contributed by atoms with E-state index < -0.39 is 12.1 Å². The Morgan fingerprint density at radius 1 is 1.18 bits per heavy atom. The first kappa shape index (κ1) is 29.6. The second kappa shape index (κ2) is 13.7. The van der Waals surface area contributed by atoms with Gasteiger partial charge in [0.1, 0.15) is 12.4 Å². The van der Waals surface area contributed by atoms with Crippen molar-refractivity contribution < 1.29 is 31.8 Å². The third-order valence-corrected chi connectivity index (χ3v) is 6.92. The van der Waals surface area contributed by atoms with Crippen LogP contribution in [0.1, 0.15) is 41.1 Å². The van der Waals surface area contributed by atoms with E-state index in [0.29, 0.717) is 30.0 Å². The molecule has 0 spiro atoms. The molecule has 10 heteroatoms.